The molecule has 1 heterocycles. The average Bonchev–Trinajstić information content (AvgIpc) is 2.86. The average molecular weight is 273 g/mol. The number of Topliss-reactive ketones (excluding diaryl/α,β-unsaturated/α-hetero) is 1. The van der Waals surface area contributed by atoms with Crippen LogP contribution in [0.3, 0.4) is 0 Å². The third kappa shape index (κ3) is 2.59. The molecule has 0 radical (unpaired) electrons. The van der Waals surface area contributed by atoms with E-state index in [1.54, 1.807) is 6.92 Å². The van der Waals surface area contributed by atoms with Crippen LogP contribution >= 0.6 is 0 Å². The van der Waals surface area contributed by atoms with Crippen LogP contribution in [0.5, 0.6) is 0 Å². The third-order valence-electron chi connectivity index (χ3n) is 3.46. The van der Waals surface area contributed by atoms with Gasteiger partial charge in [-0.25, -0.2) is 0 Å². The molecular formula is C19H15NO. The fourth-order valence-electron chi connectivity index (χ4n) is 2.31. The monoisotopic (exact) mass is 273 g/mol. The zero-order chi connectivity index (χ0) is 14.8. The number of carbonyl (C=O) groups excluding carboxylic acids is 1. The fourth-order valence-corrected chi connectivity index (χ4v) is 2.31. The normalized spacial score (nSPS) is 10.2. The van der Waals surface area contributed by atoms with Crippen LogP contribution in [-0.4, -0.2) is 10.4 Å². The van der Waals surface area contributed by atoms with E-state index in [0.717, 1.165) is 16.5 Å². The van der Waals surface area contributed by atoms with Crippen molar-refractivity contribution in [1.82, 2.24) is 4.57 Å². The number of ketones is 1. The molecule has 0 saturated heterocycles. The molecule has 0 amide bonds. The molecule has 3 rings (SSSR count). The summed E-state index contributed by atoms with van der Waals surface area (Å²) in [7, 11) is 0. The first-order valence-corrected chi connectivity index (χ1v) is 6.85. The summed E-state index contributed by atoms with van der Waals surface area (Å²) in [5, 5.41) is 0.947. The van der Waals surface area contributed by atoms with E-state index in [2.05, 4.69) is 18.9 Å². The van der Waals surface area contributed by atoms with E-state index in [-0.39, 0.29) is 5.78 Å². The first kappa shape index (κ1) is 13.2. The van der Waals surface area contributed by atoms with Crippen LogP contribution in [0.15, 0.2) is 54.7 Å². The van der Waals surface area contributed by atoms with Gasteiger partial charge in [-0.2, -0.15) is 0 Å². The molecule has 1 aromatic heterocycles. The number of aromatic nitrogens is 1. The van der Waals surface area contributed by atoms with Crippen LogP contribution in [0.25, 0.3) is 10.9 Å². The van der Waals surface area contributed by atoms with Crippen LogP contribution in [0.4, 0.5) is 0 Å². The van der Waals surface area contributed by atoms with Gasteiger partial charge in [-0.1, -0.05) is 35.9 Å². The Hall–Kier alpha value is -2.79. The van der Waals surface area contributed by atoms with E-state index in [9.17, 15) is 4.79 Å². The smallest absolute Gasteiger partial charge is 0.161 e. The third-order valence-corrected chi connectivity index (χ3v) is 3.46. The Labute approximate surface area is 124 Å². The molecular weight excluding hydrogens is 258 g/mol. The number of carbonyl (C=O) groups is 1. The second-order valence-corrected chi connectivity index (χ2v) is 5.09. The molecule has 0 spiro atoms. The number of benzene rings is 2. The number of fused-ring (bicyclic) bond motifs is 1. The Morgan fingerprint density at radius 3 is 2.48 bits per heavy atom. The maximum Gasteiger partial charge on any atom is 0.161 e. The highest BCUT2D eigenvalue weighted by Gasteiger charge is 2.09. The molecule has 0 atom stereocenters. The van der Waals surface area contributed by atoms with Gasteiger partial charge in [-0.15, -0.1) is 0 Å². The number of hydrogen-bond acceptors (Lipinski definition) is 1. The SMILES string of the molecule is CC(=O)c1cn(C#Cc2ccc(C)cc2)c2ccccc12. The maximum absolute atomic E-state index is 11.7. The van der Waals surface area contributed by atoms with Gasteiger partial charge >= 0.3 is 0 Å². The summed E-state index contributed by atoms with van der Waals surface area (Å²) in [5.74, 6) is 3.19. The summed E-state index contributed by atoms with van der Waals surface area (Å²) < 4.78 is 1.83. The minimum absolute atomic E-state index is 0.0575. The van der Waals surface area contributed by atoms with E-state index in [1.165, 1.54) is 5.56 Å². The van der Waals surface area contributed by atoms with E-state index >= 15 is 0 Å². The van der Waals surface area contributed by atoms with Gasteiger partial charge in [0.05, 0.1) is 5.52 Å². The number of aryl methyl sites for hydroxylation is 1. The van der Waals surface area contributed by atoms with Crippen LogP contribution in [0, 0.1) is 18.9 Å². The summed E-state index contributed by atoms with van der Waals surface area (Å²) in [5.41, 5.74) is 3.85. The van der Waals surface area contributed by atoms with Gasteiger partial charge in [0.25, 0.3) is 0 Å². The van der Waals surface area contributed by atoms with Crippen molar-refractivity contribution in [1.29, 1.82) is 0 Å². The van der Waals surface area contributed by atoms with Gasteiger partial charge < -0.3 is 0 Å². The number of rotatable bonds is 1. The van der Waals surface area contributed by atoms with E-state index in [4.69, 9.17) is 0 Å². The van der Waals surface area contributed by atoms with Crippen molar-refractivity contribution < 1.29 is 4.79 Å². The lowest BCUT2D eigenvalue weighted by Gasteiger charge is -1.94. The molecule has 0 unspecified atom stereocenters. The topological polar surface area (TPSA) is 22.0 Å². The largest absolute Gasteiger partial charge is 0.294 e. The molecule has 0 aliphatic heterocycles. The lowest BCUT2D eigenvalue weighted by molar-refractivity contribution is 0.101. The molecule has 0 aliphatic rings. The maximum atomic E-state index is 11.7. The van der Waals surface area contributed by atoms with Crippen LogP contribution in [0.2, 0.25) is 0 Å². The molecule has 0 fully saturated rings. The molecule has 21 heavy (non-hydrogen) atoms. The van der Waals surface area contributed by atoms with Gasteiger partial charge in [0.2, 0.25) is 0 Å². The Morgan fingerprint density at radius 1 is 1.05 bits per heavy atom. The second kappa shape index (κ2) is 5.30. The van der Waals surface area contributed by atoms with E-state index < -0.39 is 0 Å². The lowest BCUT2D eigenvalue weighted by atomic mass is 10.1. The molecule has 102 valence electrons. The van der Waals surface area contributed by atoms with Crippen molar-refractivity contribution in [2.75, 3.05) is 0 Å². The minimum Gasteiger partial charge on any atom is -0.294 e. The van der Waals surface area contributed by atoms with Gasteiger partial charge in [-0.05, 0) is 38.0 Å². The Kier molecular flexibility index (Phi) is 3.33. The van der Waals surface area contributed by atoms with Gasteiger partial charge in [0.1, 0.15) is 0 Å². The zero-order valence-corrected chi connectivity index (χ0v) is 12.1. The number of nitrogens with zero attached hydrogens (tertiary/aromatic N) is 1. The quantitative estimate of drug-likeness (QED) is 0.485. The summed E-state index contributed by atoms with van der Waals surface area (Å²) in [6, 6.07) is 19.0. The van der Waals surface area contributed by atoms with Crippen molar-refractivity contribution in [3.8, 4) is 12.0 Å². The first-order chi connectivity index (χ1) is 10.1. The zero-order valence-electron chi connectivity index (χ0n) is 12.1. The Bertz CT molecular complexity index is 873. The number of para-hydroxylation sites is 1. The van der Waals surface area contributed by atoms with E-state index in [1.807, 2.05) is 59.3 Å². The first-order valence-electron chi connectivity index (χ1n) is 6.85. The highest BCUT2D eigenvalue weighted by atomic mass is 16.1. The Morgan fingerprint density at radius 2 is 1.76 bits per heavy atom. The van der Waals surface area contributed by atoms with Crippen molar-refractivity contribution >= 4 is 16.7 Å². The predicted molar refractivity (Wildman–Crippen MR) is 85.4 cm³/mol. The highest BCUT2D eigenvalue weighted by molar-refractivity contribution is 6.07. The summed E-state index contributed by atoms with van der Waals surface area (Å²) >= 11 is 0. The van der Waals surface area contributed by atoms with E-state index in [0.29, 0.717) is 5.56 Å². The summed E-state index contributed by atoms with van der Waals surface area (Å²) in [4.78, 5) is 11.7. The molecule has 2 heteroatoms. The Balaban J connectivity index is 2.10. The van der Waals surface area contributed by atoms with Crippen molar-refractivity contribution in [3.05, 3.63) is 71.4 Å². The number of hydrogen-bond donors (Lipinski definition) is 0. The fraction of sp³-hybridized carbons (Fsp3) is 0.105. The van der Waals surface area contributed by atoms with Crippen LogP contribution < -0.4 is 0 Å². The minimum atomic E-state index is 0.0575. The van der Waals surface area contributed by atoms with Crippen molar-refractivity contribution in [2.45, 2.75) is 13.8 Å². The van der Waals surface area contributed by atoms with Gasteiger partial charge in [0.15, 0.2) is 5.78 Å². The van der Waals surface area contributed by atoms with Crippen molar-refractivity contribution in [3.63, 3.8) is 0 Å². The second-order valence-electron chi connectivity index (χ2n) is 5.09. The molecule has 2 aromatic carbocycles. The summed E-state index contributed by atoms with van der Waals surface area (Å²) in [6.45, 7) is 3.63. The molecule has 2 nitrogen and oxygen atoms in total. The van der Waals surface area contributed by atoms with Crippen LogP contribution in [-0.2, 0) is 0 Å². The molecule has 0 bridgehead atoms. The van der Waals surface area contributed by atoms with Crippen molar-refractivity contribution in [2.24, 2.45) is 0 Å². The molecule has 0 saturated carbocycles. The predicted octanol–water partition coefficient (Wildman–Crippen LogP) is 4.01. The van der Waals surface area contributed by atoms with Crippen LogP contribution in [0.1, 0.15) is 28.4 Å². The molecule has 0 aliphatic carbocycles. The van der Waals surface area contributed by atoms with Gasteiger partial charge in [-0.3, -0.25) is 9.36 Å². The molecule has 3 aromatic rings. The van der Waals surface area contributed by atoms with Gasteiger partial charge in [0, 0.05) is 28.8 Å². The molecule has 0 N–H and O–H groups in total. The summed E-state index contributed by atoms with van der Waals surface area (Å²) in [6.07, 6.45) is 1.81. The standard InChI is InChI=1S/C19H15NO/c1-14-7-9-16(10-8-14)11-12-20-13-18(15(2)21)17-5-3-4-6-19(17)20/h3-10,13H,1-2H3. The highest BCUT2D eigenvalue weighted by Crippen LogP contribution is 2.21. The lowest BCUT2D eigenvalue weighted by Crippen LogP contribution is -1.89.